The Hall–Kier alpha value is -2.10. The summed E-state index contributed by atoms with van der Waals surface area (Å²) in [5, 5.41) is 9.55. The van der Waals surface area contributed by atoms with Gasteiger partial charge in [-0.1, -0.05) is 56.3 Å². The van der Waals surface area contributed by atoms with Crippen molar-refractivity contribution in [2.24, 2.45) is 17.8 Å². The van der Waals surface area contributed by atoms with Crippen LogP contribution in [0.3, 0.4) is 0 Å². The number of aliphatic carboxylic acids is 1. The Labute approximate surface area is 144 Å². The summed E-state index contributed by atoms with van der Waals surface area (Å²) in [5.74, 6) is -3.07. The zero-order valence-corrected chi connectivity index (χ0v) is 15.2. The van der Waals surface area contributed by atoms with Crippen LogP contribution in [0.2, 0.25) is 0 Å². The minimum absolute atomic E-state index is 0.162. The quantitative estimate of drug-likeness (QED) is 0.751. The Balaban J connectivity index is 2.97. The summed E-state index contributed by atoms with van der Waals surface area (Å²) in [6.45, 7) is 8.99. The van der Waals surface area contributed by atoms with Gasteiger partial charge < -0.3 is 9.84 Å². The highest BCUT2D eigenvalue weighted by Crippen LogP contribution is 2.28. The van der Waals surface area contributed by atoms with E-state index in [4.69, 9.17) is 4.74 Å². The molecule has 2 atom stereocenters. The normalized spacial score (nSPS) is 14.6. The molecule has 0 spiro atoms. The van der Waals surface area contributed by atoms with Crippen molar-refractivity contribution in [3.8, 4) is 0 Å². The summed E-state index contributed by atoms with van der Waals surface area (Å²) in [7, 11) is 0. The second kappa shape index (κ2) is 8.67. The van der Waals surface area contributed by atoms with E-state index in [0.717, 1.165) is 5.56 Å². The molecule has 0 fully saturated rings. The molecule has 1 N–H and O–H groups in total. The molecule has 0 aliphatic rings. The molecule has 0 saturated carbocycles. The van der Waals surface area contributed by atoms with Gasteiger partial charge in [0.1, 0.15) is 5.60 Å². The van der Waals surface area contributed by atoms with Gasteiger partial charge in [-0.25, -0.2) is 0 Å². The number of carbonyl (C=O) groups is 2. The predicted molar refractivity (Wildman–Crippen MR) is 95.4 cm³/mol. The summed E-state index contributed by atoms with van der Waals surface area (Å²) in [4.78, 5) is 24.2. The van der Waals surface area contributed by atoms with Gasteiger partial charge in [0.2, 0.25) is 0 Å². The molecular weight excluding hydrogens is 304 g/mol. The lowest BCUT2D eigenvalue weighted by Gasteiger charge is -2.28. The maximum Gasteiger partial charge on any atom is 0.310 e. The van der Waals surface area contributed by atoms with Gasteiger partial charge in [-0.05, 0) is 38.7 Å². The fraction of sp³-hybridized carbons (Fsp3) is 0.500. The second-order valence-corrected chi connectivity index (χ2v) is 7.30. The summed E-state index contributed by atoms with van der Waals surface area (Å²) in [6.07, 6.45) is 4.08. The van der Waals surface area contributed by atoms with Crippen LogP contribution in [0.1, 0.15) is 46.6 Å². The minimum Gasteiger partial charge on any atom is -0.481 e. The third-order valence-corrected chi connectivity index (χ3v) is 3.65. The minimum atomic E-state index is -0.964. The Morgan fingerprint density at radius 1 is 1.17 bits per heavy atom. The van der Waals surface area contributed by atoms with Gasteiger partial charge in [-0.2, -0.15) is 0 Å². The first-order chi connectivity index (χ1) is 11.1. The number of hydrogen-bond donors (Lipinski definition) is 1. The number of hydrogen-bond acceptors (Lipinski definition) is 3. The van der Waals surface area contributed by atoms with Crippen LogP contribution in [-0.4, -0.2) is 22.6 Å². The van der Waals surface area contributed by atoms with Crippen LogP contribution >= 0.6 is 0 Å². The molecule has 0 aliphatic heterocycles. The lowest BCUT2D eigenvalue weighted by Crippen LogP contribution is -2.37. The maximum atomic E-state index is 12.5. The third kappa shape index (κ3) is 6.57. The molecule has 24 heavy (non-hydrogen) atoms. The van der Waals surface area contributed by atoms with E-state index < -0.39 is 29.4 Å². The van der Waals surface area contributed by atoms with Gasteiger partial charge in [-0.3, -0.25) is 9.59 Å². The number of ether oxygens (including phenoxy) is 1. The van der Waals surface area contributed by atoms with Crippen LogP contribution in [0.15, 0.2) is 36.4 Å². The largest absolute Gasteiger partial charge is 0.481 e. The van der Waals surface area contributed by atoms with Crippen molar-refractivity contribution in [3.05, 3.63) is 42.0 Å². The average molecular weight is 332 g/mol. The summed E-state index contributed by atoms with van der Waals surface area (Å²) < 4.78 is 5.45. The molecule has 0 radical (unpaired) electrons. The number of carbonyl (C=O) groups excluding carboxylic acids is 1. The molecule has 0 heterocycles. The van der Waals surface area contributed by atoms with Crippen LogP contribution < -0.4 is 0 Å². The Bertz CT molecular complexity index is 567. The van der Waals surface area contributed by atoms with Crippen molar-refractivity contribution in [2.45, 2.75) is 46.6 Å². The standard InChI is InChI=1S/C20H28O4/c1-14(2)17(18(21)22)16(19(23)24-20(3,4)5)13-9-12-15-10-7-6-8-11-15/h6-12,14,16-17H,13H2,1-5H3,(H,21,22)/b12-9-/t16-,17?/m1/s1. The molecular formula is C20H28O4. The fourth-order valence-corrected chi connectivity index (χ4v) is 2.60. The van der Waals surface area contributed by atoms with Gasteiger partial charge in [0.15, 0.2) is 0 Å². The molecule has 0 bridgehead atoms. The second-order valence-electron chi connectivity index (χ2n) is 7.30. The van der Waals surface area contributed by atoms with Crippen LogP contribution in [0.4, 0.5) is 0 Å². The molecule has 0 amide bonds. The van der Waals surface area contributed by atoms with Crippen molar-refractivity contribution >= 4 is 18.0 Å². The van der Waals surface area contributed by atoms with Crippen LogP contribution in [-0.2, 0) is 14.3 Å². The van der Waals surface area contributed by atoms with E-state index in [2.05, 4.69) is 0 Å². The number of esters is 1. The first-order valence-electron chi connectivity index (χ1n) is 8.29. The first-order valence-corrected chi connectivity index (χ1v) is 8.29. The maximum absolute atomic E-state index is 12.5. The van der Waals surface area contributed by atoms with Crippen molar-refractivity contribution in [2.75, 3.05) is 0 Å². The lowest BCUT2D eigenvalue weighted by atomic mass is 9.81. The van der Waals surface area contributed by atoms with E-state index >= 15 is 0 Å². The molecule has 0 saturated heterocycles. The van der Waals surface area contributed by atoms with E-state index in [1.54, 1.807) is 20.8 Å². The predicted octanol–water partition coefficient (Wildman–Crippen LogP) is 4.40. The highest BCUT2D eigenvalue weighted by atomic mass is 16.6. The molecule has 0 aromatic heterocycles. The van der Waals surface area contributed by atoms with Crippen molar-refractivity contribution in [1.82, 2.24) is 0 Å². The van der Waals surface area contributed by atoms with E-state index in [-0.39, 0.29) is 5.92 Å². The van der Waals surface area contributed by atoms with Crippen LogP contribution in [0.25, 0.3) is 6.08 Å². The number of allylic oxidation sites excluding steroid dienone is 1. The summed E-state index contributed by atoms with van der Waals surface area (Å²) >= 11 is 0. The number of carboxylic acids is 1. The summed E-state index contributed by atoms with van der Waals surface area (Å²) in [5.41, 5.74) is 0.371. The molecule has 132 valence electrons. The SMILES string of the molecule is CC(C)C(C(=O)O)[C@@H](C/C=C\c1ccccc1)C(=O)OC(C)(C)C. The van der Waals surface area contributed by atoms with Gasteiger partial charge in [0.25, 0.3) is 0 Å². The Morgan fingerprint density at radius 2 is 1.75 bits per heavy atom. The van der Waals surface area contributed by atoms with Gasteiger partial charge in [0.05, 0.1) is 11.8 Å². The first kappa shape index (κ1) is 19.9. The molecule has 4 heteroatoms. The lowest BCUT2D eigenvalue weighted by molar-refractivity contribution is -0.167. The average Bonchev–Trinajstić information content (AvgIpc) is 2.44. The van der Waals surface area contributed by atoms with Gasteiger partial charge >= 0.3 is 11.9 Å². The van der Waals surface area contributed by atoms with Crippen LogP contribution in [0.5, 0.6) is 0 Å². The monoisotopic (exact) mass is 332 g/mol. The number of rotatable bonds is 7. The number of carboxylic acid groups (broad SMARTS) is 1. The van der Waals surface area contributed by atoms with Crippen molar-refractivity contribution in [3.63, 3.8) is 0 Å². The Kier molecular flexibility index (Phi) is 7.20. The molecule has 4 nitrogen and oxygen atoms in total. The fourth-order valence-electron chi connectivity index (χ4n) is 2.60. The third-order valence-electron chi connectivity index (χ3n) is 3.65. The highest BCUT2D eigenvalue weighted by molar-refractivity contribution is 5.81. The van der Waals surface area contributed by atoms with E-state index in [0.29, 0.717) is 6.42 Å². The van der Waals surface area contributed by atoms with Gasteiger partial charge in [-0.15, -0.1) is 0 Å². The zero-order chi connectivity index (χ0) is 18.3. The van der Waals surface area contributed by atoms with Crippen molar-refractivity contribution < 1.29 is 19.4 Å². The van der Waals surface area contributed by atoms with Crippen LogP contribution in [0, 0.1) is 17.8 Å². The Morgan fingerprint density at radius 3 is 2.21 bits per heavy atom. The molecule has 1 unspecified atom stereocenters. The van der Waals surface area contributed by atoms with Gasteiger partial charge in [0, 0.05) is 0 Å². The van der Waals surface area contributed by atoms with E-state index in [1.165, 1.54) is 0 Å². The topological polar surface area (TPSA) is 63.6 Å². The smallest absolute Gasteiger partial charge is 0.310 e. The molecule has 1 rings (SSSR count). The van der Waals surface area contributed by atoms with Crippen molar-refractivity contribution in [1.29, 1.82) is 0 Å². The zero-order valence-electron chi connectivity index (χ0n) is 15.2. The molecule has 0 aliphatic carbocycles. The molecule has 1 aromatic carbocycles. The van der Waals surface area contributed by atoms with E-state index in [9.17, 15) is 14.7 Å². The summed E-state index contributed by atoms with van der Waals surface area (Å²) in [6, 6.07) is 9.70. The molecule has 1 aromatic rings. The highest BCUT2D eigenvalue weighted by Gasteiger charge is 2.37. The number of benzene rings is 1. The van der Waals surface area contributed by atoms with E-state index in [1.807, 2.05) is 56.3 Å².